The smallest absolute Gasteiger partial charge is 0.0245 e. The molecule has 3 rings (SSSR count). The van der Waals surface area contributed by atoms with E-state index < -0.39 is 0 Å². The van der Waals surface area contributed by atoms with Gasteiger partial charge in [0.1, 0.15) is 0 Å². The summed E-state index contributed by atoms with van der Waals surface area (Å²) < 4.78 is 0. The topological polar surface area (TPSA) is 15.8 Å². The minimum absolute atomic E-state index is 0.409. The first-order valence-electron chi connectivity index (χ1n) is 11.9. The quantitative estimate of drug-likeness (QED) is 0.330. The average Bonchev–Trinajstić information content (AvgIpc) is 3.19. The first-order valence-corrected chi connectivity index (χ1v) is 11.9. The van der Waals surface area contributed by atoms with Crippen molar-refractivity contribution < 1.29 is 0 Å². The predicted octanol–water partition coefficient (Wildman–Crippen LogP) is 8.35. The van der Waals surface area contributed by atoms with Gasteiger partial charge in [-0.1, -0.05) is 51.0 Å². The first-order chi connectivity index (χ1) is 14.9. The molecule has 1 heteroatoms. The van der Waals surface area contributed by atoms with Gasteiger partial charge < -0.3 is 4.98 Å². The Kier molecular flexibility index (Phi) is 7.66. The largest absolute Gasteiger partial charge is 0.365 e. The lowest BCUT2D eigenvalue weighted by Crippen LogP contribution is -2.33. The molecule has 1 saturated carbocycles. The molecule has 1 aliphatic rings. The standard InChI is InChI=1S/C30H39N/c1-7-11-25(29-18-19-31-23(29)5)12-10-13-27-16-15-26(21-30(27,6)9-3)28-17-14-24(8-2)20-22(28)4/h2,7,11,14,17-20,26-27,31H,1,9-10,12-13,15-16,21H2,3-6H3/b25-11-/t26?,27-,30+/m1/s1. The lowest BCUT2D eigenvalue weighted by Gasteiger charge is -2.45. The summed E-state index contributed by atoms with van der Waals surface area (Å²) in [4.78, 5) is 3.32. The maximum absolute atomic E-state index is 5.59. The van der Waals surface area contributed by atoms with E-state index in [9.17, 15) is 0 Å². The molecule has 164 valence electrons. The van der Waals surface area contributed by atoms with E-state index in [1.807, 2.05) is 12.3 Å². The molecule has 0 saturated heterocycles. The summed E-state index contributed by atoms with van der Waals surface area (Å²) in [5.41, 5.74) is 8.27. The van der Waals surface area contributed by atoms with E-state index in [-0.39, 0.29) is 0 Å². The normalized spacial score (nSPS) is 24.0. The molecule has 1 aromatic heterocycles. The molecule has 0 bridgehead atoms. The van der Waals surface area contributed by atoms with Crippen LogP contribution in [0.4, 0.5) is 0 Å². The molecule has 0 spiro atoms. The van der Waals surface area contributed by atoms with Crippen molar-refractivity contribution in [1.82, 2.24) is 4.98 Å². The summed E-state index contributed by atoms with van der Waals surface area (Å²) in [5.74, 6) is 4.24. The van der Waals surface area contributed by atoms with Crippen LogP contribution in [0.15, 0.2) is 49.2 Å². The van der Waals surface area contributed by atoms with Crippen molar-refractivity contribution in [1.29, 1.82) is 0 Å². The van der Waals surface area contributed by atoms with Gasteiger partial charge in [0.05, 0.1) is 0 Å². The fourth-order valence-electron chi connectivity index (χ4n) is 5.79. The van der Waals surface area contributed by atoms with E-state index in [0.717, 1.165) is 17.9 Å². The van der Waals surface area contributed by atoms with Crippen molar-refractivity contribution in [3.63, 3.8) is 0 Å². The number of hydrogen-bond acceptors (Lipinski definition) is 0. The molecule has 31 heavy (non-hydrogen) atoms. The van der Waals surface area contributed by atoms with Gasteiger partial charge in [0.25, 0.3) is 0 Å². The molecule has 1 fully saturated rings. The predicted molar refractivity (Wildman–Crippen MR) is 135 cm³/mol. The molecular formula is C30H39N. The number of terminal acetylenes is 1. The number of rotatable bonds is 8. The van der Waals surface area contributed by atoms with Gasteiger partial charge in [-0.3, -0.25) is 0 Å². The van der Waals surface area contributed by atoms with Gasteiger partial charge in [-0.25, -0.2) is 0 Å². The zero-order chi connectivity index (χ0) is 22.4. The Bertz CT molecular complexity index is 967. The van der Waals surface area contributed by atoms with Crippen molar-refractivity contribution in [2.45, 2.75) is 78.6 Å². The number of aryl methyl sites for hydroxylation is 2. The maximum atomic E-state index is 5.59. The zero-order valence-corrected chi connectivity index (χ0v) is 19.9. The number of H-pyrrole nitrogens is 1. The summed E-state index contributed by atoms with van der Waals surface area (Å²) in [6.07, 6.45) is 20.6. The molecule has 1 heterocycles. The number of nitrogens with one attached hydrogen (secondary N) is 1. The molecule has 0 amide bonds. The van der Waals surface area contributed by atoms with E-state index in [1.165, 1.54) is 66.5 Å². The van der Waals surface area contributed by atoms with Gasteiger partial charge in [0.15, 0.2) is 0 Å². The van der Waals surface area contributed by atoms with Crippen LogP contribution in [-0.4, -0.2) is 4.98 Å². The van der Waals surface area contributed by atoms with E-state index >= 15 is 0 Å². The SMILES string of the molecule is C#Cc1ccc(C2CC[C@@H](CCC/C(=C/C=C)c3cc[nH]c3C)[C@@](C)(CC)C2)c(C)c1. The number of aromatic amines is 1. The van der Waals surface area contributed by atoms with Crippen molar-refractivity contribution in [2.75, 3.05) is 0 Å². The Balaban J connectivity index is 1.66. The van der Waals surface area contributed by atoms with Crippen LogP contribution < -0.4 is 0 Å². The third kappa shape index (κ3) is 5.24. The Morgan fingerprint density at radius 3 is 2.71 bits per heavy atom. The van der Waals surface area contributed by atoms with Crippen molar-refractivity contribution in [3.8, 4) is 12.3 Å². The monoisotopic (exact) mass is 413 g/mol. The van der Waals surface area contributed by atoms with Crippen molar-refractivity contribution in [3.05, 3.63) is 77.1 Å². The maximum Gasteiger partial charge on any atom is 0.0245 e. The molecule has 0 radical (unpaired) electrons. The second kappa shape index (κ2) is 10.2. The minimum Gasteiger partial charge on any atom is -0.365 e. The van der Waals surface area contributed by atoms with Crippen LogP contribution in [0, 0.1) is 37.5 Å². The first kappa shape index (κ1) is 23.2. The van der Waals surface area contributed by atoms with Gasteiger partial charge in [0, 0.05) is 17.5 Å². The minimum atomic E-state index is 0.409. The molecule has 2 aromatic rings. The summed E-state index contributed by atoms with van der Waals surface area (Å²) in [5, 5.41) is 0. The molecule has 1 N–H and O–H groups in total. The molecule has 1 aliphatic carbocycles. The number of allylic oxidation sites excluding steroid dienone is 3. The highest BCUT2D eigenvalue weighted by Crippen LogP contribution is 2.51. The molecule has 1 aromatic carbocycles. The highest BCUT2D eigenvalue weighted by Gasteiger charge is 2.39. The second-order valence-electron chi connectivity index (χ2n) is 9.73. The van der Waals surface area contributed by atoms with E-state index in [2.05, 4.69) is 75.5 Å². The molecule has 1 nitrogen and oxygen atoms in total. The third-order valence-corrected chi connectivity index (χ3v) is 7.86. The van der Waals surface area contributed by atoms with E-state index in [4.69, 9.17) is 6.42 Å². The fourth-order valence-corrected chi connectivity index (χ4v) is 5.79. The molecule has 0 aliphatic heterocycles. The van der Waals surface area contributed by atoms with Gasteiger partial charge in [-0.2, -0.15) is 0 Å². The van der Waals surface area contributed by atoms with Crippen LogP contribution in [0.1, 0.15) is 92.7 Å². The lowest BCUT2D eigenvalue weighted by molar-refractivity contribution is 0.0865. The summed E-state index contributed by atoms with van der Waals surface area (Å²) >= 11 is 0. The van der Waals surface area contributed by atoms with Gasteiger partial charge >= 0.3 is 0 Å². The summed E-state index contributed by atoms with van der Waals surface area (Å²) in [7, 11) is 0. The van der Waals surface area contributed by atoms with Gasteiger partial charge in [-0.15, -0.1) is 6.42 Å². The summed E-state index contributed by atoms with van der Waals surface area (Å²) in [6, 6.07) is 8.78. The van der Waals surface area contributed by atoms with E-state index in [0.29, 0.717) is 11.3 Å². The van der Waals surface area contributed by atoms with Crippen molar-refractivity contribution >= 4 is 5.57 Å². The van der Waals surface area contributed by atoms with Crippen LogP contribution in [-0.2, 0) is 0 Å². The number of hydrogen-bond donors (Lipinski definition) is 1. The Morgan fingerprint density at radius 2 is 2.10 bits per heavy atom. The van der Waals surface area contributed by atoms with Gasteiger partial charge in [0.2, 0.25) is 0 Å². The van der Waals surface area contributed by atoms with Crippen LogP contribution in [0.3, 0.4) is 0 Å². The van der Waals surface area contributed by atoms with E-state index in [1.54, 1.807) is 0 Å². The van der Waals surface area contributed by atoms with Crippen LogP contribution in [0.5, 0.6) is 0 Å². The zero-order valence-electron chi connectivity index (χ0n) is 19.9. The lowest BCUT2D eigenvalue weighted by atomic mass is 9.60. The second-order valence-corrected chi connectivity index (χ2v) is 9.73. The van der Waals surface area contributed by atoms with Gasteiger partial charge in [-0.05, 0) is 110 Å². The number of benzene rings is 1. The van der Waals surface area contributed by atoms with Crippen molar-refractivity contribution in [2.24, 2.45) is 11.3 Å². The average molecular weight is 414 g/mol. The highest BCUT2D eigenvalue weighted by molar-refractivity contribution is 5.68. The third-order valence-electron chi connectivity index (χ3n) is 7.86. The van der Waals surface area contributed by atoms with Crippen LogP contribution in [0.2, 0.25) is 0 Å². The number of aromatic nitrogens is 1. The molecular weight excluding hydrogens is 374 g/mol. The Morgan fingerprint density at radius 1 is 1.29 bits per heavy atom. The van der Waals surface area contributed by atoms with Crippen LogP contribution in [0.25, 0.3) is 5.57 Å². The fraction of sp³-hybridized carbons (Fsp3) is 0.467. The Hall–Kier alpha value is -2.46. The van der Waals surface area contributed by atoms with Crippen LogP contribution >= 0.6 is 0 Å². The molecule has 1 unspecified atom stereocenters. The Labute approximate surface area is 190 Å². The molecule has 3 atom stereocenters. The highest BCUT2D eigenvalue weighted by atomic mass is 14.7. The summed E-state index contributed by atoms with van der Waals surface area (Å²) in [6.45, 7) is 13.2.